The van der Waals surface area contributed by atoms with Gasteiger partial charge in [0.25, 0.3) is 5.91 Å². The van der Waals surface area contributed by atoms with Crippen molar-refractivity contribution in [3.63, 3.8) is 0 Å². The van der Waals surface area contributed by atoms with Crippen LogP contribution in [0.4, 0.5) is 10.6 Å². The lowest BCUT2D eigenvalue weighted by atomic mass is 9.91. The highest BCUT2D eigenvalue weighted by Crippen LogP contribution is 2.34. The maximum Gasteiger partial charge on any atom is 0.333 e. The number of halogens is 1. The van der Waals surface area contributed by atoms with Crippen molar-refractivity contribution in [2.24, 2.45) is 5.92 Å². The summed E-state index contributed by atoms with van der Waals surface area (Å²) in [7, 11) is 1.33. The van der Waals surface area contributed by atoms with Gasteiger partial charge in [0.05, 0.1) is 23.7 Å². The third kappa shape index (κ3) is 2.53. The number of ether oxygens (including phenoxy) is 1. The second-order valence-electron chi connectivity index (χ2n) is 6.11. The third-order valence-electron chi connectivity index (χ3n) is 4.61. The van der Waals surface area contributed by atoms with E-state index < -0.39 is 12.1 Å². The summed E-state index contributed by atoms with van der Waals surface area (Å²) < 4.78 is 4.77. The number of carbonyl (C=O) groups is 3. The molecule has 0 radical (unpaired) electrons. The van der Waals surface area contributed by atoms with E-state index in [0.29, 0.717) is 35.1 Å². The molecule has 2 unspecified atom stereocenters. The van der Waals surface area contributed by atoms with Gasteiger partial charge in [0.15, 0.2) is 0 Å². The summed E-state index contributed by atoms with van der Waals surface area (Å²) in [6.07, 6.45) is 0.765. The van der Waals surface area contributed by atoms with Crippen LogP contribution in [0, 0.1) is 19.8 Å². The number of fused-ring (bicyclic) bond motifs is 1. The van der Waals surface area contributed by atoms with Gasteiger partial charge in [0.1, 0.15) is 11.9 Å². The molecule has 0 bridgehead atoms. The van der Waals surface area contributed by atoms with E-state index in [1.807, 2.05) is 0 Å². The molecule has 24 heavy (non-hydrogen) atoms. The first-order chi connectivity index (χ1) is 11.3. The van der Waals surface area contributed by atoms with Gasteiger partial charge < -0.3 is 9.64 Å². The van der Waals surface area contributed by atoms with Crippen molar-refractivity contribution in [3.8, 4) is 0 Å². The van der Waals surface area contributed by atoms with Gasteiger partial charge >= 0.3 is 12.0 Å². The molecule has 2 aliphatic rings. The van der Waals surface area contributed by atoms with Crippen molar-refractivity contribution in [2.75, 3.05) is 18.6 Å². The Morgan fingerprint density at radius 1 is 1.38 bits per heavy atom. The van der Waals surface area contributed by atoms with E-state index in [1.54, 1.807) is 19.9 Å². The maximum atomic E-state index is 12.8. The monoisotopic (exact) mass is 351 g/mol. The Kier molecular flexibility index (Phi) is 4.21. The fourth-order valence-corrected chi connectivity index (χ4v) is 3.47. The Morgan fingerprint density at radius 2 is 2.08 bits per heavy atom. The first-order valence-electron chi connectivity index (χ1n) is 7.71. The van der Waals surface area contributed by atoms with Crippen LogP contribution in [-0.2, 0) is 14.3 Å². The van der Waals surface area contributed by atoms with Gasteiger partial charge in [-0.25, -0.2) is 14.7 Å². The van der Waals surface area contributed by atoms with Crippen LogP contribution in [0.1, 0.15) is 24.1 Å². The molecule has 7 nitrogen and oxygen atoms in total. The summed E-state index contributed by atoms with van der Waals surface area (Å²) in [6, 6.07) is 0.645. The third-order valence-corrected chi connectivity index (χ3v) is 4.99. The minimum absolute atomic E-state index is 0.277. The van der Waals surface area contributed by atoms with Crippen LogP contribution in [0.25, 0.3) is 0 Å². The average molecular weight is 352 g/mol. The number of urea groups is 1. The Bertz CT molecular complexity index is 736. The van der Waals surface area contributed by atoms with Crippen LogP contribution < -0.4 is 4.90 Å². The van der Waals surface area contributed by atoms with Crippen molar-refractivity contribution in [2.45, 2.75) is 32.7 Å². The van der Waals surface area contributed by atoms with E-state index in [9.17, 15) is 14.4 Å². The summed E-state index contributed by atoms with van der Waals surface area (Å²) >= 11 is 6.04. The van der Waals surface area contributed by atoms with Gasteiger partial charge in [0, 0.05) is 6.54 Å². The molecule has 3 amide bonds. The predicted molar refractivity (Wildman–Crippen MR) is 86.8 cm³/mol. The number of methoxy groups -OCH3 is 1. The first-order valence-corrected chi connectivity index (χ1v) is 8.09. The normalized spacial score (nSPS) is 23.5. The number of aryl methyl sites for hydroxylation is 2. The fraction of sp³-hybridized carbons (Fsp3) is 0.500. The average Bonchev–Trinajstić information content (AvgIpc) is 2.81. The number of carbonyl (C=O) groups excluding carboxylic acids is 3. The van der Waals surface area contributed by atoms with E-state index in [4.69, 9.17) is 16.3 Å². The molecule has 2 atom stereocenters. The molecule has 2 fully saturated rings. The van der Waals surface area contributed by atoms with Gasteiger partial charge in [-0.2, -0.15) is 0 Å². The van der Waals surface area contributed by atoms with Crippen LogP contribution in [0.3, 0.4) is 0 Å². The lowest BCUT2D eigenvalue weighted by molar-refractivity contribution is -0.147. The number of amides is 3. The summed E-state index contributed by atoms with van der Waals surface area (Å²) in [6.45, 7) is 3.82. The standard InChI is InChI=1S/C16H18ClN3O4/c1-8-6-11(17)9(2)18-13(8)20-14(21)12-7-10(15(22)24-3)4-5-19(12)16(20)23/h6,10,12H,4-5,7H2,1-3H3. The number of rotatable bonds is 2. The molecule has 2 saturated heterocycles. The molecule has 0 spiro atoms. The Balaban J connectivity index is 1.93. The van der Waals surface area contributed by atoms with Crippen LogP contribution in [0.5, 0.6) is 0 Å². The minimum atomic E-state index is -0.646. The number of anilines is 1. The molecule has 1 aromatic rings. The molecule has 3 heterocycles. The molecular weight excluding hydrogens is 334 g/mol. The second kappa shape index (κ2) is 6.05. The lowest BCUT2D eigenvalue weighted by Crippen LogP contribution is -2.44. The predicted octanol–water partition coefficient (Wildman–Crippen LogP) is 2.07. The number of pyridine rings is 1. The number of hydrogen-bond donors (Lipinski definition) is 0. The van der Waals surface area contributed by atoms with Crippen molar-refractivity contribution in [1.29, 1.82) is 0 Å². The van der Waals surface area contributed by atoms with Crippen LogP contribution in [0.2, 0.25) is 5.02 Å². The van der Waals surface area contributed by atoms with E-state index in [1.165, 1.54) is 12.0 Å². The van der Waals surface area contributed by atoms with Crippen molar-refractivity contribution in [1.82, 2.24) is 9.88 Å². The van der Waals surface area contributed by atoms with E-state index in [2.05, 4.69) is 4.98 Å². The Labute approximate surface area is 144 Å². The van der Waals surface area contributed by atoms with E-state index in [-0.39, 0.29) is 24.2 Å². The van der Waals surface area contributed by atoms with Crippen molar-refractivity contribution in [3.05, 3.63) is 22.3 Å². The SMILES string of the molecule is COC(=O)C1CCN2C(=O)N(c3nc(C)c(Cl)cc3C)C(=O)C2C1. The fourth-order valence-electron chi connectivity index (χ4n) is 3.26. The van der Waals surface area contributed by atoms with Crippen molar-refractivity contribution >= 4 is 35.3 Å². The van der Waals surface area contributed by atoms with Crippen molar-refractivity contribution < 1.29 is 19.1 Å². The lowest BCUT2D eigenvalue weighted by Gasteiger charge is -2.30. The topological polar surface area (TPSA) is 79.8 Å². The minimum Gasteiger partial charge on any atom is -0.469 e. The summed E-state index contributed by atoms with van der Waals surface area (Å²) in [5, 5.41) is 0.485. The highest BCUT2D eigenvalue weighted by atomic mass is 35.5. The number of hydrogen-bond acceptors (Lipinski definition) is 5. The molecule has 0 aliphatic carbocycles. The second-order valence-corrected chi connectivity index (χ2v) is 6.51. The van der Waals surface area contributed by atoms with Crippen LogP contribution >= 0.6 is 11.6 Å². The quantitative estimate of drug-likeness (QED) is 0.602. The number of esters is 1. The number of piperidine rings is 1. The molecule has 3 rings (SSSR count). The van der Waals surface area contributed by atoms with Gasteiger partial charge in [-0.05, 0) is 38.3 Å². The smallest absolute Gasteiger partial charge is 0.333 e. The number of nitrogens with zero attached hydrogens (tertiary/aromatic N) is 3. The van der Waals surface area contributed by atoms with Crippen LogP contribution in [0.15, 0.2) is 6.07 Å². The number of aromatic nitrogens is 1. The Morgan fingerprint density at radius 3 is 2.75 bits per heavy atom. The van der Waals surface area contributed by atoms with E-state index in [0.717, 1.165) is 4.90 Å². The maximum absolute atomic E-state index is 12.8. The molecule has 0 N–H and O–H groups in total. The molecule has 128 valence electrons. The zero-order valence-corrected chi connectivity index (χ0v) is 14.5. The summed E-state index contributed by atoms with van der Waals surface area (Å²) in [5.41, 5.74) is 1.20. The van der Waals surface area contributed by atoms with Gasteiger partial charge in [-0.15, -0.1) is 0 Å². The molecule has 0 saturated carbocycles. The highest BCUT2D eigenvalue weighted by molar-refractivity contribution is 6.31. The zero-order valence-electron chi connectivity index (χ0n) is 13.7. The highest BCUT2D eigenvalue weighted by Gasteiger charge is 2.50. The molecule has 1 aromatic heterocycles. The molecule has 2 aliphatic heterocycles. The molecular formula is C16H18ClN3O4. The van der Waals surface area contributed by atoms with Gasteiger partial charge in [-0.3, -0.25) is 9.59 Å². The van der Waals surface area contributed by atoms with E-state index >= 15 is 0 Å². The number of imide groups is 1. The summed E-state index contributed by atoms with van der Waals surface area (Å²) in [4.78, 5) is 44.2. The van der Waals surface area contributed by atoms with Gasteiger partial charge in [0.2, 0.25) is 0 Å². The van der Waals surface area contributed by atoms with Gasteiger partial charge in [-0.1, -0.05) is 11.6 Å². The molecule has 8 heteroatoms. The summed E-state index contributed by atoms with van der Waals surface area (Å²) in [5.74, 6) is -0.763. The zero-order chi connectivity index (χ0) is 17.6. The van der Waals surface area contributed by atoms with Crippen LogP contribution in [-0.4, -0.2) is 47.5 Å². The Hall–Kier alpha value is -2.15. The largest absolute Gasteiger partial charge is 0.469 e. The first kappa shape index (κ1) is 16.7. The molecule has 0 aromatic carbocycles.